The van der Waals surface area contributed by atoms with E-state index in [-0.39, 0.29) is 11.7 Å². The van der Waals surface area contributed by atoms with E-state index in [4.69, 9.17) is 0 Å². The Bertz CT molecular complexity index is 575. The van der Waals surface area contributed by atoms with Crippen LogP contribution in [0.1, 0.15) is 23.2 Å². The van der Waals surface area contributed by atoms with E-state index in [9.17, 15) is 9.90 Å². The summed E-state index contributed by atoms with van der Waals surface area (Å²) in [7, 11) is 0. The fourth-order valence-electron chi connectivity index (χ4n) is 1.80. The van der Waals surface area contributed by atoms with Gasteiger partial charge in [0, 0.05) is 12.7 Å². The molecule has 21 heavy (non-hydrogen) atoms. The molecule has 110 valence electrons. The van der Waals surface area contributed by atoms with E-state index in [1.54, 1.807) is 36.2 Å². The van der Waals surface area contributed by atoms with Crippen molar-refractivity contribution in [3.8, 4) is 5.75 Å². The van der Waals surface area contributed by atoms with E-state index in [1.165, 1.54) is 6.07 Å². The predicted molar refractivity (Wildman–Crippen MR) is 84.6 cm³/mol. The molecule has 0 aliphatic carbocycles. The van der Waals surface area contributed by atoms with Crippen LogP contribution in [0.25, 0.3) is 0 Å². The third kappa shape index (κ3) is 5.11. The first-order chi connectivity index (χ1) is 10.3. The average molecular weight is 302 g/mol. The second-order valence-electron chi connectivity index (χ2n) is 4.50. The summed E-state index contributed by atoms with van der Waals surface area (Å²) in [4.78, 5) is 16.1. The molecule has 2 aromatic rings. The van der Waals surface area contributed by atoms with E-state index < -0.39 is 0 Å². The minimum absolute atomic E-state index is 0.0145. The van der Waals surface area contributed by atoms with Crippen LogP contribution in [0.5, 0.6) is 5.75 Å². The fourth-order valence-corrected chi connectivity index (χ4v) is 2.67. The number of aromatic hydroxyl groups is 1. The van der Waals surface area contributed by atoms with Gasteiger partial charge >= 0.3 is 0 Å². The van der Waals surface area contributed by atoms with Crippen LogP contribution >= 0.6 is 11.8 Å². The van der Waals surface area contributed by atoms with Crippen molar-refractivity contribution >= 4 is 17.7 Å². The Labute approximate surface area is 128 Å². The highest BCUT2D eigenvalue weighted by atomic mass is 32.2. The zero-order chi connectivity index (χ0) is 14.9. The number of phenols is 1. The molecule has 1 aromatic heterocycles. The van der Waals surface area contributed by atoms with Gasteiger partial charge in [-0.25, -0.2) is 4.98 Å². The maximum absolute atomic E-state index is 11.8. The second kappa shape index (κ2) is 8.32. The SMILES string of the molecule is O=C(NCCCCSc1ccccn1)c1ccccc1O. The molecule has 1 amide bonds. The molecule has 0 fully saturated rings. The van der Waals surface area contributed by atoms with Gasteiger partial charge in [0.25, 0.3) is 5.91 Å². The van der Waals surface area contributed by atoms with Crippen molar-refractivity contribution in [3.05, 3.63) is 54.2 Å². The maximum atomic E-state index is 11.8. The first kappa shape index (κ1) is 15.4. The number of nitrogens with zero attached hydrogens (tertiary/aromatic N) is 1. The van der Waals surface area contributed by atoms with E-state index in [2.05, 4.69) is 10.3 Å². The molecule has 1 heterocycles. The number of rotatable bonds is 7. The molecule has 0 atom stereocenters. The van der Waals surface area contributed by atoms with Gasteiger partial charge in [-0.15, -0.1) is 11.8 Å². The van der Waals surface area contributed by atoms with Crippen LogP contribution in [-0.2, 0) is 0 Å². The Morgan fingerprint density at radius 1 is 1.14 bits per heavy atom. The normalized spacial score (nSPS) is 10.3. The Morgan fingerprint density at radius 2 is 1.95 bits per heavy atom. The monoisotopic (exact) mass is 302 g/mol. The highest BCUT2D eigenvalue weighted by Gasteiger charge is 2.08. The molecule has 5 heteroatoms. The van der Waals surface area contributed by atoms with Crippen LogP contribution in [0.2, 0.25) is 0 Å². The van der Waals surface area contributed by atoms with Gasteiger partial charge < -0.3 is 10.4 Å². The molecule has 2 rings (SSSR count). The van der Waals surface area contributed by atoms with E-state index in [1.807, 2.05) is 18.2 Å². The number of aromatic nitrogens is 1. The third-order valence-electron chi connectivity index (χ3n) is 2.89. The fraction of sp³-hybridized carbons (Fsp3) is 0.250. The molecule has 0 unspecified atom stereocenters. The van der Waals surface area contributed by atoms with Crippen molar-refractivity contribution in [2.24, 2.45) is 0 Å². The van der Waals surface area contributed by atoms with Gasteiger partial charge in [-0.3, -0.25) is 4.79 Å². The Kier molecular flexibility index (Phi) is 6.09. The van der Waals surface area contributed by atoms with Crippen molar-refractivity contribution in [1.29, 1.82) is 0 Å². The van der Waals surface area contributed by atoms with E-state index in [0.717, 1.165) is 23.6 Å². The summed E-state index contributed by atoms with van der Waals surface area (Å²) in [6, 6.07) is 12.4. The highest BCUT2D eigenvalue weighted by molar-refractivity contribution is 7.99. The van der Waals surface area contributed by atoms with Crippen molar-refractivity contribution in [2.45, 2.75) is 17.9 Å². The molecule has 0 saturated heterocycles. The minimum Gasteiger partial charge on any atom is -0.507 e. The van der Waals surface area contributed by atoms with Crippen LogP contribution in [0.4, 0.5) is 0 Å². The zero-order valence-corrected chi connectivity index (χ0v) is 12.5. The molecule has 2 N–H and O–H groups in total. The lowest BCUT2D eigenvalue weighted by Gasteiger charge is -2.06. The lowest BCUT2D eigenvalue weighted by Crippen LogP contribution is -2.24. The number of unbranched alkanes of at least 4 members (excludes halogenated alkanes) is 1. The molecule has 0 saturated carbocycles. The topological polar surface area (TPSA) is 62.2 Å². The van der Waals surface area contributed by atoms with Gasteiger partial charge in [-0.1, -0.05) is 18.2 Å². The molecule has 0 spiro atoms. The van der Waals surface area contributed by atoms with Gasteiger partial charge in [0.05, 0.1) is 10.6 Å². The lowest BCUT2D eigenvalue weighted by atomic mass is 10.2. The summed E-state index contributed by atoms with van der Waals surface area (Å²) in [6.07, 6.45) is 3.69. The predicted octanol–water partition coefficient (Wildman–Crippen LogP) is 3.09. The summed E-state index contributed by atoms with van der Waals surface area (Å²) >= 11 is 1.71. The molecule has 0 bridgehead atoms. The number of carbonyl (C=O) groups is 1. The van der Waals surface area contributed by atoms with Crippen LogP contribution in [-0.4, -0.2) is 28.3 Å². The summed E-state index contributed by atoms with van der Waals surface area (Å²) in [5.74, 6) is 0.759. The minimum atomic E-state index is -0.231. The second-order valence-corrected chi connectivity index (χ2v) is 5.61. The molecule has 0 aliphatic heterocycles. The smallest absolute Gasteiger partial charge is 0.255 e. The third-order valence-corrected chi connectivity index (χ3v) is 3.92. The molecule has 0 radical (unpaired) electrons. The van der Waals surface area contributed by atoms with Crippen molar-refractivity contribution in [3.63, 3.8) is 0 Å². The van der Waals surface area contributed by atoms with Crippen molar-refractivity contribution < 1.29 is 9.90 Å². The number of nitrogens with one attached hydrogen (secondary N) is 1. The van der Waals surface area contributed by atoms with Crippen LogP contribution in [0.3, 0.4) is 0 Å². The molecular formula is C16H18N2O2S. The number of hydrogen-bond donors (Lipinski definition) is 2. The first-order valence-electron chi connectivity index (χ1n) is 6.87. The largest absolute Gasteiger partial charge is 0.507 e. The molecule has 4 nitrogen and oxygen atoms in total. The number of thioether (sulfide) groups is 1. The molecular weight excluding hydrogens is 284 g/mol. The summed E-state index contributed by atoms with van der Waals surface area (Å²) < 4.78 is 0. The summed E-state index contributed by atoms with van der Waals surface area (Å²) in [5.41, 5.74) is 0.320. The number of para-hydroxylation sites is 1. The quantitative estimate of drug-likeness (QED) is 0.609. The molecule has 0 aliphatic rings. The van der Waals surface area contributed by atoms with Crippen molar-refractivity contribution in [2.75, 3.05) is 12.3 Å². The number of carbonyl (C=O) groups excluding carboxylic acids is 1. The maximum Gasteiger partial charge on any atom is 0.255 e. The Morgan fingerprint density at radius 3 is 2.71 bits per heavy atom. The van der Waals surface area contributed by atoms with E-state index >= 15 is 0 Å². The van der Waals surface area contributed by atoms with Crippen LogP contribution in [0, 0.1) is 0 Å². The first-order valence-corrected chi connectivity index (χ1v) is 7.86. The number of benzene rings is 1. The Hall–Kier alpha value is -2.01. The highest BCUT2D eigenvalue weighted by Crippen LogP contribution is 2.16. The van der Waals surface area contributed by atoms with Gasteiger partial charge in [0.2, 0.25) is 0 Å². The number of phenolic OH excluding ortho intramolecular Hbond substituents is 1. The van der Waals surface area contributed by atoms with Gasteiger partial charge in [-0.05, 0) is 42.9 Å². The lowest BCUT2D eigenvalue weighted by molar-refractivity contribution is 0.0950. The van der Waals surface area contributed by atoms with E-state index in [0.29, 0.717) is 12.1 Å². The Balaban J connectivity index is 1.62. The van der Waals surface area contributed by atoms with Gasteiger partial charge in [0.1, 0.15) is 5.75 Å². The standard InChI is InChI=1S/C16H18N2O2S/c19-14-8-2-1-7-13(14)16(20)18-11-5-6-12-21-15-9-3-4-10-17-15/h1-4,7-10,19H,5-6,11-12H2,(H,18,20). The molecule has 1 aromatic carbocycles. The van der Waals surface area contributed by atoms with Gasteiger partial charge in [-0.2, -0.15) is 0 Å². The van der Waals surface area contributed by atoms with Gasteiger partial charge in [0.15, 0.2) is 0 Å². The van der Waals surface area contributed by atoms with Crippen LogP contribution in [0.15, 0.2) is 53.7 Å². The summed E-state index contributed by atoms with van der Waals surface area (Å²) in [5, 5.41) is 13.4. The van der Waals surface area contributed by atoms with Crippen molar-refractivity contribution in [1.82, 2.24) is 10.3 Å². The number of amides is 1. The zero-order valence-electron chi connectivity index (χ0n) is 11.7. The number of pyridine rings is 1. The summed E-state index contributed by atoms with van der Waals surface area (Å²) in [6.45, 7) is 0.607. The van der Waals surface area contributed by atoms with Crippen LogP contribution < -0.4 is 5.32 Å². The number of hydrogen-bond acceptors (Lipinski definition) is 4. The average Bonchev–Trinajstić information content (AvgIpc) is 2.52.